The van der Waals surface area contributed by atoms with Crippen molar-refractivity contribution in [3.8, 4) is 0 Å². The summed E-state index contributed by atoms with van der Waals surface area (Å²) in [5.74, 6) is -1.61. The predicted octanol–water partition coefficient (Wildman–Crippen LogP) is 0.288. The van der Waals surface area contributed by atoms with Gasteiger partial charge in [-0.3, -0.25) is 4.79 Å². The summed E-state index contributed by atoms with van der Waals surface area (Å²) in [4.78, 5) is 13.9. The molecule has 1 amide bonds. The highest BCUT2D eigenvalue weighted by atomic mass is 19.4. The molecular weight excluding hydrogens is 235 g/mol. The van der Waals surface area contributed by atoms with Crippen molar-refractivity contribution in [2.24, 2.45) is 11.7 Å². The summed E-state index contributed by atoms with van der Waals surface area (Å²) in [6, 6.07) is 0. The lowest BCUT2D eigenvalue weighted by atomic mass is 10.1. The summed E-state index contributed by atoms with van der Waals surface area (Å²) in [6.45, 7) is 2.30. The van der Waals surface area contributed by atoms with Crippen LogP contribution in [0.1, 0.15) is 6.42 Å². The maximum Gasteiger partial charge on any atom is 0.471 e. The predicted molar refractivity (Wildman–Crippen MR) is 57.3 cm³/mol. The molecule has 1 heterocycles. The van der Waals surface area contributed by atoms with Crippen LogP contribution in [0.15, 0.2) is 0 Å². The van der Waals surface area contributed by atoms with E-state index < -0.39 is 12.1 Å². The first-order valence-electron chi connectivity index (χ1n) is 5.59. The third-order valence-electron chi connectivity index (χ3n) is 2.90. The molecule has 1 atom stereocenters. The van der Waals surface area contributed by atoms with E-state index in [2.05, 4.69) is 0 Å². The molecule has 0 aromatic carbocycles. The molecule has 0 saturated carbocycles. The summed E-state index contributed by atoms with van der Waals surface area (Å²) in [6.07, 6.45) is -4.13. The minimum Gasteiger partial charge on any atom is -0.335 e. The molecule has 1 aliphatic heterocycles. The first kappa shape index (κ1) is 14.2. The minimum atomic E-state index is -4.75. The number of hydrogen-bond acceptors (Lipinski definition) is 3. The Morgan fingerprint density at radius 2 is 2.18 bits per heavy atom. The quantitative estimate of drug-likeness (QED) is 0.783. The fraction of sp³-hybridized carbons (Fsp3) is 0.900. The van der Waals surface area contributed by atoms with Gasteiger partial charge in [-0.05, 0) is 19.4 Å². The maximum atomic E-state index is 12.2. The number of likely N-dealkylation sites (tertiary alicyclic amines) is 1. The zero-order valence-corrected chi connectivity index (χ0v) is 9.83. The van der Waals surface area contributed by atoms with Crippen molar-refractivity contribution in [3.05, 3.63) is 0 Å². The minimum absolute atomic E-state index is 0.109. The van der Waals surface area contributed by atoms with Crippen LogP contribution in [-0.2, 0) is 4.79 Å². The molecule has 17 heavy (non-hydrogen) atoms. The van der Waals surface area contributed by atoms with Crippen LogP contribution in [0, 0.1) is 5.92 Å². The fourth-order valence-corrected chi connectivity index (χ4v) is 2.10. The molecule has 0 aromatic rings. The van der Waals surface area contributed by atoms with Gasteiger partial charge in [-0.2, -0.15) is 13.2 Å². The fourth-order valence-electron chi connectivity index (χ4n) is 2.10. The van der Waals surface area contributed by atoms with Crippen LogP contribution in [0.2, 0.25) is 0 Å². The van der Waals surface area contributed by atoms with Crippen LogP contribution in [0.5, 0.6) is 0 Å². The number of hydrogen-bond donors (Lipinski definition) is 1. The number of halogens is 3. The van der Waals surface area contributed by atoms with Crippen LogP contribution in [0.3, 0.4) is 0 Å². The van der Waals surface area contributed by atoms with Crippen LogP contribution < -0.4 is 5.73 Å². The largest absolute Gasteiger partial charge is 0.471 e. The summed E-state index contributed by atoms with van der Waals surface area (Å²) in [5, 5.41) is 0. The average Bonchev–Trinajstić information content (AvgIpc) is 2.63. The van der Waals surface area contributed by atoms with Crippen molar-refractivity contribution in [2.45, 2.75) is 12.6 Å². The highest BCUT2D eigenvalue weighted by Crippen LogP contribution is 2.24. The second-order valence-corrected chi connectivity index (χ2v) is 4.45. The Hall–Kier alpha value is -0.820. The highest BCUT2D eigenvalue weighted by molar-refractivity contribution is 5.82. The Morgan fingerprint density at radius 1 is 1.53 bits per heavy atom. The summed E-state index contributed by atoms with van der Waals surface area (Å²) >= 11 is 0. The number of carbonyl (C=O) groups excluding carboxylic acids is 1. The Balaban J connectivity index is 2.40. The van der Waals surface area contributed by atoms with E-state index in [1.807, 2.05) is 11.9 Å². The van der Waals surface area contributed by atoms with Gasteiger partial charge in [-0.15, -0.1) is 0 Å². The van der Waals surface area contributed by atoms with E-state index in [4.69, 9.17) is 5.73 Å². The van der Waals surface area contributed by atoms with Crippen molar-refractivity contribution < 1.29 is 18.0 Å². The molecule has 0 radical (unpaired) electrons. The number of likely N-dealkylation sites (N-methyl/N-ethyl adjacent to an activating group) is 1. The first-order valence-corrected chi connectivity index (χ1v) is 5.59. The molecule has 7 heteroatoms. The normalized spacial score (nSPS) is 21.3. The smallest absolute Gasteiger partial charge is 0.335 e. The molecular formula is C10H18F3N3O. The van der Waals surface area contributed by atoms with E-state index in [-0.39, 0.29) is 19.0 Å². The van der Waals surface area contributed by atoms with Crippen LogP contribution >= 0.6 is 0 Å². The monoisotopic (exact) mass is 253 g/mol. The molecule has 1 unspecified atom stereocenters. The second-order valence-electron chi connectivity index (χ2n) is 4.45. The lowest BCUT2D eigenvalue weighted by Gasteiger charge is -2.21. The van der Waals surface area contributed by atoms with Crippen molar-refractivity contribution >= 4 is 5.91 Å². The van der Waals surface area contributed by atoms with E-state index in [1.54, 1.807) is 0 Å². The second kappa shape index (κ2) is 5.68. The van der Waals surface area contributed by atoms with Gasteiger partial charge in [0.2, 0.25) is 0 Å². The maximum absolute atomic E-state index is 12.2. The molecule has 4 nitrogen and oxygen atoms in total. The molecule has 2 N–H and O–H groups in total. The van der Waals surface area contributed by atoms with Crippen molar-refractivity contribution in [3.63, 3.8) is 0 Å². The van der Waals surface area contributed by atoms with E-state index >= 15 is 0 Å². The first-order chi connectivity index (χ1) is 7.84. The zero-order chi connectivity index (χ0) is 13.1. The average molecular weight is 253 g/mol. The van der Waals surface area contributed by atoms with Gasteiger partial charge >= 0.3 is 12.1 Å². The third-order valence-corrected chi connectivity index (χ3v) is 2.90. The molecule has 0 spiro atoms. The van der Waals surface area contributed by atoms with Crippen molar-refractivity contribution in [1.29, 1.82) is 0 Å². The number of nitrogens with zero attached hydrogens (tertiary/aromatic N) is 2. The zero-order valence-electron chi connectivity index (χ0n) is 9.83. The molecule has 0 bridgehead atoms. The lowest BCUT2D eigenvalue weighted by molar-refractivity contribution is -0.184. The molecule has 0 aliphatic carbocycles. The van der Waals surface area contributed by atoms with E-state index in [0.29, 0.717) is 26.1 Å². The van der Waals surface area contributed by atoms with Crippen molar-refractivity contribution in [2.75, 3.05) is 39.8 Å². The Bertz CT molecular complexity index is 270. The molecule has 1 fully saturated rings. The SMILES string of the molecule is CN(CCN)CC1CCN(C(=O)C(F)(F)F)C1. The lowest BCUT2D eigenvalue weighted by Crippen LogP contribution is -2.40. The summed E-state index contributed by atoms with van der Waals surface area (Å²) < 4.78 is 36.6. The van der Waals surface area contributed by atoms with Gasteiger partial charge in [-0.1, -0.05) is 0 Å². The van der Waals surface area contributed by atoms with Crippen LogP contribution in [0.25, 0.3) is 0 Å². The number of alkyl halides is 3. The van der Waals surface area contributed by atoms with Crippen LogP contribution in [0.4, 0.5) is 13.2 Å². The molecule has 1 saturated heterocycles. The van der Waals surface area contributed by atoms with Gasteiger partial charge in [0.1, 0.15) is 0 Å². The van der Waals surface area contributed by atoms with Gasteiger partial charge in [0.05, 0.1) is 0 Å². The van der Waals surface area contributed by atoms with Gasteiger partial charge < -0.3 is 15.5 Å². The van der Waals surface area contributed by atoms with Gasteiger partial charge in [-0.25, -0.2) is 0 Å². The number of nitrogens with two attached hydrogens (primary N) is 1. The molecule has 0 aromatic heterocycles. The standard InChI is InChI=1S/C10H18F3N3O/c1-15(5-3-14)6-8-2-4-16(7-8)9(17)10(11,12)13/h8H,2-7,14H2,1H3. The van der Waals surface area contributed by atoms with E-state index in [1.165, 1.54) is 0 Å². The Morgan fingerprint density at radius 3 is 2.71 bits per heavy atom. The Kier molecular flexibility index (Phi) is 4.76. The number of amides is 1. The summed E-state index contributed by atoms with van der Waals surface area (Å²) in [5.41, 5.74) is 5.38. The van der Waals surface area contributed by atoms with Gasteiger partial charge in [0, 0.05) is 32.7 Å². The molecule has 1 rings (SSSR count). The van der Waals surface area contributed by atoms with E-state index in [9.17, 15) is 18.0 Å². The Labute approximate surface area is 98.5 Å². The van der Waals surface area contributed by atoms with E-state index in [0.717, 1.165) is 4.90 Å². The summed E-state index contributed by atoms with van der Waals surface area (Å²) in [7, 11) is 1.88. The number of carbonyl (C=O) groups is 1. The molecule has 1 aliphatic rings. The van der Waals surface area contributed by atoms with Crippen molar-refractivity contribution in [1.82, 2.24) is 9.80 Å². The molecule has 100 valence electrons. The third kappa shape index (κ3) is 4.16. The van der Waals surface area contributed by atoms with Gasteiger partial charge in [0.15, 0.2) is 0 Å². The highest BCUT2D eigenvalue weighted by Gasteiger charge is 2.44. The van der Waals surface area contributed by atoms with Crippen LogP contribution in [-0.4, -0.2) is 61.7 Å². The topological polar surface area (TPSA) is 49.6 Å². The number of rotatable bonds is 4. The van der Waals surface area contributed by atoms with Gasteiger partial charge in [0.25, 0.3) is 0 Å².